The molecule has 2 atom stereocenters. The Morgan fingerprint density at radius 2 is 2.12 bits per heavy atom. The summed E-state index contributed by atoms with van der Waals surface area (Å²) in [4.78, 5) is 2.68. The molecule has 0 aliphatic carbocycles. The molecule has 0 saturated carbocycles. The van der Waals surface area contributed by atoms with Crippen LogP contribution in [0.5, 0.6) is 0 Å². The highest BCUT2D eigenvalue weighted by Gasteiger charge is 2.38. The van der Waals surface area contributed by atoms with Gasteiger partial charge in [-0.2, -0.15) is 0 Å². The standard InChI is InChI=1S/C14H28N2/c1-3-9-16-10-4-5-14(7-11-16)6-8-15-12-13(14)2/h13,15H,3-12H2,1-2H3. The Hall–Kier alpha value is -0.0800. The Bertz CT molecular complexity index is 217. The van der Waals surface area contributed by atoms with E-state index in [1.54, 1.807) is 0 Å². The third kappa shape index (κ3) is 2.60. The molecule has 0 aromatic rings. The van der Waals surface area contributed by atoms with Gasteiger partial charge >= 0.3 is 0 Å². The molecule has 2 saturated heterocycles. The normalized spacial score (nSPS) is 37.5. The quantitative estimate of drug-likeness (QED) is 0.775. The lowest BCUT2D eigenvalue weighted by atomic mass is 9.67. The summed E-state index contributed by atoms with van der Waals surface area (Å²) in [6.07, 6.45) is 7.05. The van der Waals surface area contributed by atoms with Crippen LogP contribution in [0.4, 0.5) is 0 Å². The van der Waals surface area contributed by atoms with E-state index < -0.39 is 0 Å². The van der Waals surface area contributed by atoms with Gasteiger partial charge in [0.05, 0.1) is 0 Å². The molecular weight excluding hydrogens is 196 g/mol. The highest BCUT2D eigenvalue weighted by Crippen LogP contribution is 2.43. The van der Waals surface area contributed by atoms with Crippen LogP contribution < -0.4 is 5.32 Å². The molecule has 2 heteroatoms. The number of nitrogens with one attached hydrogen (secondary N) is 1. The minimum atomic E-state index is 0.674. The summed E-state index contributed by atoms with van der Waals surface area (Å²) < 4.78 is 0. The molecule has 1 spiro atoms. The Balaban J connectivity index is 1.95. The van der Waals surface area contributed by atoms with Crippen molar-refractivity contribution in [3.05, 3.63) is 0 Å². The molecule has 2 rings (SSSR count). The zero-order valence-electron chi connectivity index (χ0n) is 11.1. The minimum Gasteiger partial charge on any atom is -0.316 e. The van der Waals surface area contributed by atoms with E-state index in [1.807, 2.05) is 0 Å². The van der Waals surface area contributed by atoms with Crippen LogP contribution in [0, 0.1) is 11.3 Å². The van der Waals surface area contributed by atoms with Crippen molar-refractivity contribution < 1.29 is 0 Å². The predicted molar refractivity (Wildman–Crippen MR) is 69.7 cm³/mol. The Labute approximate surface area is 101 Å². The van der Waals surface area contributed by atoms with Crippen LogP contribution in [0.3, 0.4) is 0 Å². The first-order chi connectivity index (χ1) is 7.77. The minimum absolute atomic E-state index is 0.674. The number of hydrogen-bond acceptors (Lipinski definition) is 2. The molecule has 0 amide bonds. The van der Waals surface area contributed by atoms with E-state index >= 15 is 0 Å². The van der Waals surface area contributed by atoms with Crippen LogP contribution in [-0.2, 0) is 0 Å². The van der Waals surface area contributed by atoms with Crippen LogP contribution in [0.2, 0.25) is 0 Å². The largest absolute Gasteiger partial charge is 0.316 e. The molecule has 2 heterocycles. The molecule has 0 aromatic carbocycles. The van der Waals surface area contributed by atoms with Crippen molar-refractivity contribution in [2.75, 3.05) is 32.7 Å². The van der Waals surface area contributed by atoms with Gasteiger partial charge in [-0.25, -0.2) is 0 Å². The van der Waals surface area contributed by atoms with Gasteiger partial charge < -0.3 is 10.2 Å². The van der Waals surface area contributed by atoms with Crippen LogP contribution >= 0.6 is 0 Å². The molecule has 0 bridgehead atoms. The zero-order chi connectivity index (χ0) is 11.4. The third-order valence-electron chi connectivity index (χ3n) is 4.91. The van der Waals surface area contributed by atoms with Gasteiger partial charge in [0, 0.05) is 0 Å². The lowest BCUT2D eigenvalue weighted by Gasteiger charge is -2.43. The Kier molecular flexibility index (Phi) is 4.26. The van der Waals surface area contributed by atoms with Crippen LogP contribution in [0.25, 0.3) is 0 Å². The first-order valence-electron chi connectivity index (χ1n) is 7.20. The van der Waals surface area contributed by atoms with Gasteiger partial charge in [0.25, 0.3) is 0 Å². The van der Waals surface area contributed by atoms with Gasteiger partial charge in [0.15, 0.2) is 0 Å². The van der Waals surface area contributed by atoms with Crippen LogP contribution in [0.15, 0.2) is 0 Å². The molecule has 2 fully saturated rings. The second-order valence-electron chi connectivity index (χ2n) is 5.91. The molecule has 0 aromatic heterocycles. The van der Waals surface area contributed by atoms with E-state index in [2.05, 4.69) is 24.1 Å². The lowest BCUT2D eigenvalue weighted by Crippen LogP contribution is -2.44. The fourth-order valence-corrected chi connectivity index (χ4v) is 3.67. The Morgan fingerprint density at radius 3 is 2.88 bits per heavy atom. The summed E-state index contributed by atoms with van der Waals surface area (Å²) in [5.41, 5.74) is 0.674. The predicted octanol–water partition coefficient (Wildman–Crippen LogP) is 2.50. The third-order valence-corrected chi connectivity index (χ3v) is 4.91. The zero-order valence-corrected chi connectivity index (χ0v) is 11.1. The van der Waals surface area contributed by atoms with E-state index in [0.29, 0.717) is 5.41 Å². The van der Waals surface area contributed by atoms with Crippen LogP contribution in [0.1, 0.15) is 46.0 Å². The maximum atomic E-state index is 3.55. The van der Waals surface area contributed by atoms with Crippen molar-refractivity contribution in [3.8, 4) is 0 Å². The van der Waals surface area contributed by atoms with Gasteiger partial charge in [-0.05, 0) is 76.2 Å². The molecule has 2 aliphatic rings. The molecule has 94 valence electrons. The average Bonchev–Trinajstić information content (AvgIpc) is 2.48. The van der Waals surface area contributed by atoms with Crippen molar-refractivity contribution in [1.29, 1.82) is 0 Å². The van der Waals surface area contributed by atoms with Gasteiger partial charge in [-0.3, -0.25) is 0 Å². The molecule has 0 radical (unpaired) electrons. The summed E-state index contributed by atoms with van der Waals surface area (Å²) in [7, 11) is 0. The first kappa shape index (κ1) is 12.4. The number of hydrogen-bond donors (Lipinski definition) is 1. The molecule has 1 N–H and O–H groups in total. The summed E-state index contributed by atoms with van der Waals surface area (Å²) in [6, 6.07) is 0. The average molecular weight is 224 g/mol. The first-order valence-corrected chi connectivity index (χ1v) is 7.20. The van der Waals surface area contributed by atoms with E-state index in [9.17, 15) is 0 Å². The highest BCUT2D eigenvalue weighted by molar-refractivity contribution is 4.92. The van der Waals surface area contributed by atoms with Crippen molar-refractivity contribution in [2.45, 2.75) is 46.0 Å². The molecule has 2 nitrogen and oxygen atoms in total. The van der Waals surface area contributed by atoms with Gasteiger partial charge in [-0.15, -0.1) is 0 Å². The summed E-state index contributed by atoms with van der Waals surface area (Å²) >= 11 is 0. The monoisotopic (exact) mass is 224 g/mol. The van der Waals surface area contributed by atoms with Crippen molar-refractivity contribution in [1.82, 2.24) is 10.2 Å². The lowest BCUT2D eigenvalue weighted by molar-refractivity contribution is 0.0984. The molecule has 2 aliphatic heterocycles. The molecule has 2 unspecified atom stereocenters. The molecule has 16 heavy (non-hydrogen) atoms. The second-order valence-corrected chi connectivity index (χ2v) is 5.91. The van der Waals surface area contributed by atoms with Crippen molar-refractivity contribution >= 4 is 0 Å². The van der Waals surface area contributed by atoms with E-state index in [1.165, 1.54) is 64.8 Å². The fourth-order valence-electron chi connectivity index (χ4n) is 3.67. The van der Waals surface area contributed by atoms with E-state index in [-0.39, 0.29) is 0 Å². The van der Waals surface area contributed by atoms with Crippen LogP contribution in [-0.4, -0.2) is 37.6 Å². The number of nitrogens with zero attached hydrogens (tertiary/aromatic N) is 1. The summed E-state index contributed by atoms with van der Waals surface area (Å²) in [6.45, 7) is 11.2. The number of rotatable bonds is 2. The highest BCUT2D eigenvalue weighted by atomic mass is 15.1. The second kappa shape index (κ2) is 5.50. The maximum Gasteiger partial charge on any atom is -0.00133 e. The van der Waals surface area contributed by atoms with Gasteiger partial charge in [0.2, 0.25) is 0 Å². The van der Waals surface area contributed by atoms with E-state index in [4.69, 9.17) is 0 Å². The maximum absolute atomic E-state index is 3.55. The van der Waals surface area contributed by atoms with Gasteiger partial charge in [-0.1, -0.05) is 13.8 Å². The van der Waals surface area contributed by atoms with Crippen molar-refractivity contribution in [3.63, 3.8) is 0 Å². The fraction of sp³-hybridized carbons (Fsp3) is 1.00. The number of piperidine rings is 1. The SMILES string of the molecule is CCCN1CCCC2(CCNCC2C)CC1. The summed E-state index contributed by atoms with van der Waals surface area (Å²) in [5, 5.41) is 3.55. The number of likely N-dealkylation sites (tertiary alicyclic amines) is 1. The van der Waals surface area contributed by atoms with Gasteiger partial charge in [0.1, 0.15) is 0 Å². The van der Waals surface area contributed by atoms with Crippen molar-refractivity contribution in [2.24, 2.45) is 11.3 Å². The Morgan fingerprint density at radius 1 is 1.25 bits per heavy atom. The summed E-state index contributed by atoms with van der Waals surface area (Å²) in [5.74, 6) is 0.878. The smallest absolute Gasteiger partial charge is 0.00133 e. The molecular formula is C14H28N2. The van der Waals surface area contributed by atoms with E-state index in [0.717, 1.165) is 5.92 Å². The topological polar surface area (TPSA) is 15.3 Å².